The summed E-state index contributed by atoms with van der Waals surface area (Å²) in [5, 5.41) is 2.60. The lowest BCUT2D eigenvalue weighted by atomic mass is 10.2. The molecule has 0 radical (unpaired) electrons. The Hall–Kier alpha value is -1.63. The number of amides is 1. The molecule has 3 N–H and O–H groups in total. The summed E-state index contributed by atoms with van der Waals surface area (Å²) in [6.07, 6.45) is 1.66. The van der Waals surface area contributed by atoms with Crippen molar-refractivity contribution >= 4 is 21.4 Å². The second kappa shape index (κ2) is 6.69. The summed E-state index contributed by atoms with van der Waals surface area (Å²) in [7, 11) is -3.87. The zero-order valence-corrected chi connectivity index (χ0v) is 12.3. The lowest BCUT2D eigenvalue weighted by Gasteiger charge is -2.13. The van der Waals surface area contributed by atoms with Gasteiger partial charge in [0, 0.05) is 6.04 Å². The summed E-state index contributed by atoms with van der Waals surface area (Å²) in [5.74, 6) is -1.91. The van der Waals surface area contributed by atoms with Gasteiger partial charge in [0.05, 0.1) is 10.6 Å². The highest BCUT2D eigenvalue weighted by molar-refractivity contribution is 7.92. The van der Waals surface area contributed by atoms with Crippen LogP contribution >= 0.6 is 0 Å². The van der Waals surface area contributed by atoms with Gasteiger partial charge in [-0.25, -0.2) is 12.8 Å². The van der Waals surface area contributed by atoms with Crippen molar-refractivity contribution in [3.8, 4) is 0 Å². The molecule has 0 spiro atoms. The third-order valence-corrected chi connectivity index (χ3v) is 4.44. The second-order valence-electron chi connectivity index (χ2n) is 4.70. The zero-order chi connectivity index (χ0) is 15.3. The lowest BCUT2D eigenvalue weighted by Crippen LogP contribution is -2.36. The zero-order valence-electron chi connectivity index (χ0n) is 11.5. The van der Waals surface area contributed by atoms with Crippen LogP contribution in [0.4, 0.5) is 10.1 Å². The van der Waals surface area contributed by atoms with Crippen molar-refractivity contribution in [1.82, 2.24) is 5.32 Å². The molecule has 1 aromatic carbocycles. The summed E-state index contributed by atoms with van der Waals surface area (Å²) < 4.78 is 37.0. The Kier molecular flexibility index (Phi) is 5.50. The molecular weight excluding hydrogens is 283 g/mol. The predicted octanol–water partition coefficient (Wildman–Crippen LogP) is 1.49. The molecule has 1 amide bonds. The lowest BCUT2D eigenvalue weighted by molar-refractivity contribution is -0.119. The van der Waals surface area contributed by atoms with Crippen molar-refractivity contribution in [3.63, 3.8) is 0 Å². The smallest absolute Gasteiger partial charge is 0.235 e. The molecule has 0 heterocycles. The van der Waals surface area contributed by atoms with E-state index in [4.69, 9.17) is 5.73 Å². The van der Waals surface area contributed by atoms with Crippen LogP contribution < -0.4 is 11.1 Å². The number of hydrogen-bond donors (Lipinski definition) is 2. The van der Waals surface area contributed by atoms with Crippen LogP contribution in [-0.4, -0.2) is 26.1 Å². The van der Waals surface area contributed by atoms with Gasteiger partial charge in [-0.3, -0.25) is 4.79 Å². The van der Waals surface area contributed by atoms with Crippen molar-refractivity contribution < 1.29 is 17.6 Å². The average molecular weight is 302 g/mol. The first-order valence-electron chi connectivity index (χ1n) is 6.33. The quantitative estimate of drug-likeness (QED) is 0.615. The van der Waals surface area contributed by atoms with Crippen molar-refractivity contribution in [2.45, 2.75) is 37.6 Å². The van der Waals surface area contributed by atoms with E-state index in [9.17, 15) is 17.6 Å². The molecule has 0 aliphatic carbocycles. The van der Waals surface area contributed by atoms with E-state index < -0.39 is 27.3 Å². The second-order valence-corrected chi connectivity index (χ2v) is 6.66. The Morgan fingerprint density at radius 2 is 2.10 bits per heavy atom. The molecule has 0 aliphatic rings. The minimum absolute atomic E-state index is 0.0896. The van der Waals surface area contributed by atoms with Crippen LogP contribution in [0.25, 0.3) is 0 Å². The first-order valence-corrected chi connectivity index (χ1v) is 7.98. The highest BCUT2D eigenvalue weighted by atomic mass is 32.2. The van der Waals surface area contributed by atoms with Crippen molar-refractivity contribution in [3.05, 3.63) is 24.0 Å². The number of rotatable bonds is 6. The molecular formula is C13H19FN2O3S. The van der Waals surface area contributed by atoms with E-state index in [0.29, 0.717) is 0 Å². The predicted molar refractivity (Wildman–Crippen MR) is 75.4 cm³/mol. The third kappa shape index (κ3) is 4.48. The molecule has 20 heavy (non-hydrogen) atoms. The first-order chi connectivity index (χ1) is 9.26. The molecule has 1 unspecified atom stereocenters. The molecule has 0 aromatic heterocycles. The van der Waals surface area contributed by atoms with E-state index in [1.807, 2.05) is 6.92 Å². The Morgan fingerprint density at radius 3 is 2.65 bits per heavy atom. The summed E-state index contributed by atoms with van der Waals surface area (Å²) in [4.78, 5) is 11.5. The summed E-state index contributed by atoms with van der Waals surface area (Å²) in [6.45, 7) is 3.78. The number of hydrogen-bond acceptors (Lipinski definition) is 4. The van der Waals surface area contributed by atoms with Crippen LogP contribution in [-0.2, 0) is 14.6 Å². The maximum atomic E-state index is 12.9. The molecule has 7 heteroatoms. The minimum Gasteiger partial charge on any atom is -0.398 e. The number of anilines is 1. The Morgan fingerprint density at radius 1 is 1.45 bits per heavy atom. The highest BCUT2D eigenvalue weighted by Gasteiger charge is 2.22. The molecule has 0 fully saturated rings. The molecule has 0 bridgehead atoms. The molecule has 5 nitrogen and oxygen atoms in total. The maximum absolute atomic E-state index is 12.9. The van der Waals surface area contributed by atoms with Crippen LogP contribution in [0.3, 0.4) is 0 Å². The summed E-state index contributed by atoms with van der Waals surface area (Å²) >= 11 is 0. The number of nitrogens with two attached hydrogens (primary N) is 1. The Balaban J connectivity index is 2.82. The fourth-order valence-corrected chi connectivity index (χ4v) is 3.15. The molecule has 0 aliphatic heterocycles. The highest BCUT2D eigenvalue weighted by Crippen LogP contribution is 2.20. The Labute approximate surface area is 118 Å². The normalized spacial score (nSPS) is 12.9. The van der Waals surface area contributed by atoms with Gasteiger partial charge in [-0.05, 0) is 31.5 Å². The van der Waals surface area contributed by atoms with E-state index >= 15 is 0 Å². The maximum Gasteiger partial charge on any atom is 0.235 e. The van der Waals surface area contributed by atoms with Crippen LogP contribution in [0, 0.1) is 5.82 Å². The summed E-state index contributed by atoms with van der Waals surface area (Å²) in [6, 6.07) is 2.90. The number of nitrogen functional groups attached to an aromatic ring is 1. The summed E-state index contributed by atoms with van der Waals surface area (Å²) in [5.41, 5.74) is 5.29. The van der Waals surface area contributed by atoms with Gasteiger partial charge in [0.1, 0.15) is 11.6 Å². The third-order valence-electron chi connectivity index (χ3n) is 2.76. The van der Waals surface area contributed by atoms with E-state index in [-0.39, 0.29) is 16.6 Å². The van der Waals surface area contributed by atoms with E-state index in [1.165, 1.54) is 0 Å². The van der Waals surface area contributed by atoms with Gasteiger partial charge < -0.3 is 11.1 Å². The standard InChI is InChI=1S/C13H19FN2O3S/c1-3-4-9(2)16-13(17)8-20(18,19)12-6-5-10(14)7-11(12)15/h5-7,9H,3-4,8,15H2,1-2H3,(H,16,17). The fraction of sp³-hybridized carbons (Fsp3) is 0.462. The van der Waals surface area contributed by atoms with E-state index in [0.717, 1.165) is 31.0 Å². The van der Waals surface area contributed by atoms with Gasteiger partial charge in [-0.1, -0.05) is 13.3 Å². The molecule has 1 rings (SSSR count). The molecule has 1 aromatic rings. The fourth-order valence-electron chi connectivity index (χ4n) is 1.87. The molecule has 1 atom stereocenters. The minimum atomic E-state index is -3.87. The number of benzene rings is 1. The van der Waals surface area contributed by atoms with Gasteiger partial charge in [0.2, 0.25) is 5.91 Å². The number of halogens is 1. The number of carbonyl (C=O) groups is 1. The van der Waals surface area contributed by atoms with Crippen LogP contribution in [0.5, 0.6) is 0 Å². The topological polar surface area (TPSA) is 89.3 Å². The number of sulfone groups is 1. The van der Waals surface area contributed by atoms with Gasteiger partial charge in [-0.2, -0.15) is 0 Å². The average Bonchev–Trinajstić information content (AvgIpc) is 2.26. The van der Waals surface area contributed by atoms with Crippen molar-refractivity contribution in [2.24, 2.45) is 0 Å². The number of nitrogens with one attached hydrogen (secondary N) is 1. The molecule has 0 saturated heterocycles. The van der Waals surface area contributed by atoms with Crippen molar-refractivity contribution in [1.29, 1.82) is 0 Å². The van der Waals surface area contributed by atoms with Gasteiger partial charge in [0.15, 0.2) is 9.84 Å². The Bertz CT molecular complexity index is 587. The number of carbonyl (C=O) groups excluding carboxylic acids is 1. The monoisotopic (exact) mass is 302 g/mol. The largest absolute Gasteiger partial charge is 0.398 e. The SMILES string of the molecule is CCCC(C)NC(=O)CS(=O)(=O)c1ccc(F)cc1N. The van der Waals surface area contributed by atoms with Gasteiger partial charge in [-0.15, -0.1) is 0 Å². The van der Waals surface area contributed by atoms with Crippen molar-refractivity contribution in [2.75, 3.05) is 11.5 Å². The molecule has 0 saturated carbocycles. The van der Waals surface area contributed by atoms with Crippen LogP contribution in [0.1, 0.15) is 26.7 Å². The van der Waals surface area contributed by atoms with Gasteiger partial charge >= 0.3 is 0 Å². The van der Waals surface area contributed by atoms with Gasteiger partial charge in [0.25, 0.3) is 0 Å². The molecule has 112 valence electrons. The van der Waals surface area contributed by atoms with E-state index in [1.54, 1.807) is 6.92 Å². The van der Waals surface area contributed by atoms with Crippen LogP contribution in [0.2, 0.25) is 0 Å². The first kappa shape index (κ1) is 16.4. The van der Waals surface area contributed by atoms with Crippen LogP contribution in [0.15, 0.2) is 23.1 Å². The van der Waals surface area contributed by atoms with E-state index in [2.05, 4.69) is 5.32 Å².